The van der Waals surface area contributed by atoms with Crippen molar-refractivity contribution in [2.75, 3.05) is 27.2 Å². The molecule has 1 N–H and O–H groups in total. The van der Waals surface area contributed by atoms with Crippen LogP contribution in [0.1, 0.15) is 20.8 Å². The predicted octanol–water partition coefficient (Wildman–Crippen LogP) is 1.08. The molecule has 0 spiro atoms. The number of hydrogen-bond acceptors (Lipinski definition) is 3. The zero-order valence-electron chi connectivity index (χ0n) is 9.39. The van der Waals surface area contributed by atoms with Crippen LogP contribution in [0.5, 0.6) is 0 Å². The molecule has 0 rings (SSSR count). The van der Waals surface area contributed by atoms with Gasteiger partial charge in [-0.15, -0.1) is 0 Å². The van der Waals surface area contributed by atoms with Crippen molar-refractivity contribution < 1.29 is 0 Å². The molecule has 0 saturated carbocycles. The Morgan fingerprint density at radius 1 is 1.46 bits per heavy atom. The van der Waals surface area contributed by atoms with Crippen LogP contribution in [0.15, 0.2) is 0 Å². The van der Waals surface area contributed by atoms with Gasteiger partial charge in [0.15, 0.2) is 0 Å². The normalized spacial score (nSPS) is 14.2. The Hall–Kier alpha value is -0.590. The summed E-state index contributed by atoms with van der Waals surface area (Å²) in [6, 6.07) is 2.11. The molecule has 0 aromatic carbocycles. The topological polar surface area (TPSA) is 39.1 Å². The molecular weight excluding hydrogens is 162 g/mol. The maximum Gasteiger partial charge on any atom is 0.0924 e. The van der Waals surface area contributed by atoms with Crippen molar-refractivity contribution in [1.29, 1.82) is 5.26 Å². The van der Waals surface area contributed by atoms with E-state index in [2.05, 4.69) is 44.2 Å². The second kappa shape index (κ2) is 5.21. The maximum absolute atomic E-state index is 8.59. The van der Waals surface area contributed by atoms with E-state index in [9.17, 15) is 0 Å². The van der Waals surface area contributed by atoms with E-state index >= 15 is 0 Å². The second-order valence-electron chi connectivity index (χ2n) is 4.63. The molecule has 0 aromatic heterocycles. The quantitative estimate of drug-likeness (QED) is 0.693. The average molecular weight is 183 g/mol. The van der Waals surface area contributed by atoms with Gasteiger partial charge in [-0.2, -0.15) is 5.26 Å². The fourth-order valence-electron chi connectivity index (χ4n) is 1.39. The molecule has 0 bridgehead atoms. The first kappa shape index (κ1) is 12.4. The highest BCUT2D eigenvalue weighted by Gasteiger charge is 2.19. The van der Waals surface area contributed by atoms with E-state index in [0.29, 0.717) is 0 Å². The average Bonchev–Trinajstić information content (AvgIpc) is 1.98. The fourth-order valence-corrected chi connectivity index (χ4v) is 1.39. The molecule has 0 aromatic rings. The lowest BCUT2D eigenvalue weighted by atomic mass is 9.92. The summed E-state index contributed by atoms with van der Waals surface area (Å²) in [5.41, 5.74) is 0.217. The Labute approximate surface area is 81.7 Å². The maximum atomic E-state index is 8.59. The summed E-state index contributed by atoms with van der Waals surface area (Å²) in [6.45, 7) is 8.18. The molecule has 3 heteroatoms. The third-order valence-corrected chi connectivity index (χ3v) is 1.82. The number of hydrogen-bond donors (Lipinski definition) is 1. The molecular formula is C10H21N3. The standard InChI is InChI=1S/C10H21N3/c1-9(6-11)12-7-10(2,3)8-13(4)5/h9,12H,7-8H2,1-5H3. The lowest BCUT2D eigenvalue weighted by Gasteiger charge is -2.29. The first-order chi connectivity index (χ1) is 5.87. The largest absolute Gasteiger partial charge is 0.309 e. The highest BCUT2D eigenvalue weighted by atomic mass is 15.1. The van der Waals surface area contributed by atoms with Crippen LogP contribution < -0.4 is 5.32 Å². The van der Waals surface area contributed by atoms with Crippen molar-refractivity contribution in [2.24, 2.45) is 5.41 Å². The molecule has 1 atom stereocenters. The van der Waals surface area contributed by atoms with E-state index in [1.54, 1.807) is 0 Å². The molecule has 3 nitrogen and oxygen atoms in total. The number of nitrogens with one attached hydrogen (secondary N) is 1. The molecule has 0 aliphatic heterocycles. The van der Waals surface area contributed by atoms with Crippen LogP contribution >= 0.6 is 0 Å². The minimum atomic E-state index is -0.0542. The molecule has 0 fully saturated rings. The van der Waals surface area contributed by atoms with Gasteiger partial charge in [-0.3, -0.25) is 0 Å². The molecule has 76 valence electrons. The minimum absolute atomic E-state index is 0.0542. The Morgan fingerprint density at radius 2 is 2.00 bits per heavy atom. The van der Waals surface area contributed by atoms with E-state index < -0.39 is 0 Å². The lowest BCUT2D eigenvalue weighted by molar-refractivity contribution is 0.230. The number of nitriles is 1. The van der Waals surface area contributed by atoms with E-state index in [-0.39, 0.29) is 11.5 Å². The number of nitrogens with zero attached hydrogens (tertiary/aromatic N) is 2. The van der Waals surface area contributed by atoms with Crippen molar-refractivity contribution >= 4 is 0 Å². The van der Waals surface area contributed by atoms with Crippen molar-refractivity contribution in [1.82, 2.24) is 10.2 Å². The summed E-state index contributed by atoms with van der Waals surface area (Å²) in [4.78, 5) is 2.17. The van der Waals surface area contributed by atoms with Gasteiger partial charge in [-0.25, -0.2) is 0 Å². The zero-order chi connectivity index (χ0) is 10.5. The van der Waals surface area contributed by atoms with Crippen molar-refractivity contribution in [3.8, 4) is 6.07 Å². The van der Waals surface area contributed by atoms with Gasteiger partial charge in [0.25, 0.3) is 0 Å². The lowest BCUT2D eigenvalue weighted by Crippen LogP contribution is -2.40. The van der Waals surface area contributed by atoms with Gasteiger partial charge in [-0.05, 0) is 26.4 Å². The minimum Gasteiger partial charge on any atom is -0.309 e. The van der Waals surface area contributed by atoms with E-state index in [1.807, 2.05) is 6.92 Å². The van der Waals surface area contributed by atoms with Crippen LogP contribution in [0.25, 0.3) is 0 Å². The van der Waals surface area contributed by atoms with Gasteiger partial charge in [-0.1, -0.05) is 13.8 Å². The van der Waals surface area contributed by atoms with Crippen LogP contribution in [0.2, 0.25) is 0 Å². The Morgan fingerprint density at radius 3 is 2.38 bits per heavy atom. The molecule has 0 amide bonds. The zero-order valence-corrected chi connectivity index (χ0v) is 9.39. The first-order valence-corrected chi connectivity index (χ1v) is 4.65. The van der Waals surface area contributed by atoms with Crippen molar-refractivity contribution in [3.63, 3.8) is 0 Å². The van der Waals surface area contributed by atoms with E-state index in [4.69, 9.17) is 5.26 Å². The molecule has 0 heterocycles. The highest BCUT2D eigenvalue weighted by Crippen LogP contribution is 2.14. The molecule has 0 radical (unpaired) electrons. The Bertz CT molecular complexity index is 179. The first-order valence-electron chi connectivity index (χ1n) is 4.65. The van der Waals surface area contributed by atoms with Gasteiger partial charge in [0.2, 0.25) is 0 Å². The Kier molecular flexibility index (Phi) is 4.97. The third-order valence-electron chi connectivity index (χ3n) is 1.82. The van der Waals surface area contributed by atoms with Gasteiger partial charge >= 0.3 is 0 Å². The van der Waals surface area contributed by atoms with Crippen LogP contribution in [-0.2, 0) is 0 Å². The van der Waals surface area contributed by atoms with E-state index in [0.717, 1.165) is 13.1 Å². The van der Waals surface area contributed by atoms with Gasteiger partial charge < -0.3 is 10.2 Å². The van der Waals surface area contributed by atoms with Crippen molar-refractivity contribution in [3.05, 3.63) is 0 Å². The predicted molar refractivity (Wildman–Crippen MR) is 55.4 cm³/mol. The van der Waals surface area contributed by atoms with Gasteiger partial charge in [0.1, 0.15) is 0 Å². The van der Waals surface area contributed by atoms with Crippen molar-refractivity contribution in [2.45, 2.75) is 26.8 Å². The van der Waals surface area contributed by atoms with E-state index in [1.165, 1.54) is 0 Å². The SMILES string of the molecule is CC(C#N)NCC(C)(C)CN(C)C. The number of rotatable bonds is 5. The molecule has 13 heavy (non-hydrogen) atoms. The van der Waals surface area contributed by atoms with Crippen LogP contribution in [-0.4, -0.2) is 38.1 Å². The van der Waals surface area contributed by atoms with Gasteiger partial charge in [0, 0.05) is 13.1 Å². The second-order valence-corrected chi connectivity index (χ2v) is 4.63. The van der Waals surface area contributed by atoms with Crippen LogP contribution in [0, 0.1) is 16.7 Å². The molecule has 0 aliphatic carbocycles. The monoisotopic (exact) mass is 183 g/mol. The third kappa shape index (κ3) is 6.56. The van der Waals surface area contributed by atoms with Crippen LogP contribution in [0.3, 0.4) is 0 Å². The summed E-state index contributed by atoms with van der Waals surface area (Å²) >= 11 is 0. The molecule has 0 saturated heterocycles. The summed E-state index contributed by atoms with van der Waals surface area (Å²) in [6.07, 6.45) is 0. The molecule has 1 unspecified atom stereocenters. The smallest absolute Gasteiger partial charge is 0.0924 e. The van der Waals surface area contributed by atoms with Gasteiger partial charge in [0.05, 0.1) is 12.1 Å². The summed E-state index contributed by atoms with van der Waals surface area (Å²) in [5, 5.41) is 11.8. The van der Waals surface area contributed by atoms with Crippen LogP contribution in [0.4, 0.5) is 0 Å². The Balaban J connectivity index is 3.83. The summed E-state index contributed by atoms with van der Waals surface area (Å²) in [7, 11) is 4.13. The fraction of sp³-hybridized carbons (Fsp3) is 0.900. The molecule has 0 aliphatic rings. The highest BCUT2D eigenvalue weighted by molar-refractivity contribution is 4.87. The summed E-state index contributed by atoms with van der Waals surface area (Å²) < 4.78 is 0. The summed E-state index contributed by atoms with van der Waals surface area (Å²) in [5.74, 6) is 0.